The Morgan fingerprint density at radius 2 is 2.00 bits per heavy atom. The van der Waals surface area contributed by atoms with E-state index in [1.165, 1.54) is 12.8 Å². The van der Waals surface area contributed by atoms with Crippen LogP contribution in [0.25, 0.3) is 0 Å². The van der Waals surface area contributed by atoms with Gasteiger partial charge < -0.3 is 14.7 Å². The lowest BCUT2D eigenvalue weighted by Gasteiger charge is -2.38. The summed E-state index contributed by atoms with van der Waals surface area (Å²) in [4.78, 5) is 31.1. The number of hydrogen-bond donors (Lipinski definition) is 0. The molecule has 0 aromatic rings. The highest BCUT2D eigenvalue weighted by Crippen LogP contribution is 2.39. The van der Waals surface area contributed by atoms with Crippen LogP contribution in [0.5, 0.6) is 0 Å². The van der Waals surface area contributed by atoms with Gasteiger partial charge in [0.05, 0.1) is 0 Å². The van der Waals surface area contributed by atoms with Crippen molar-refractivity contribution in [1.29, 1.82) is 0 Å². The summed E-state index contributed by atoms with van der Waals surface area (Å²) in [5.74, 6) is 1.31. The van der Waals surface area contributed by atoms with Crippen molar-refractivity contribution in [3.8, 4) is 0 Å². The smallest absolute Gasteiger partial charge is 0.223 e. The number of amides is 2. The third-order valence-electron chi connectivity index (χ3n) is 5.88. The maximum Gasteiger partial charge on any atom is 0.223 e. The van der Waals surface area contributed by atoms with E-state index in [4.69, 9.17) is 0 Å². The van der Waals surface area contributed by atoms with Gasteiger partial charge in [-0.05, 0) is 58.5 Å². The van der Waals surface area contributed by atoms with Crippen molar-refractivity contribution in [2.24, 2.45) is 5.92 Å². The maximum absolute atomic E-state index is 12.4. The Kier molecular flexibility index (Phi) is 4.95. The van der Waals surface area contributed by atoms with Crippen LogP contribution < -0.4 is 0 Å². The molecule has 0 bridgehead atoms. The minimum atomic E-state index is 0.0156. The first-order valence-corrected chi connectivity index (χ1v) is 9.23. The van der Waals surface area contributed by atoms with Crippen LogP contribution in [0.1, 0.15) is 51.4 Å². The molecule has 1 aliphatic carbocycles. The molecule has 3 aliphatic rings. The third kappa shape index (κ3) is 3.87. The zero-order valence-corrected chi connectivity index (χ0v) is 14.7. The Bertz CT molecular complexity index is 461. The predicted molar refractivity (Wildman–Crippen MR) is 90.0 cm³/mol. The van der Waals surface area contributed by atoms with E-state index in [1.54, 1.807) is 0 Å². The Morgan fingerprint density at radius 1 is 1.22 bits per heavy atom. The Balaban J connectivity index is 1.62. The molecule has 5 heteroatoms. The molecule has 0 aromatic carbocycles. The first-order valence-electron chi connectivity index (χ1n) is 9.23. The second kappa shape index (κ2) is 6.80. The first kappa shape index (κ1) is 16.7. The standard InChI is InChI=1S/C18H31N3O2/c1-19(2)12-13-21-16(22)6-8-18(21)7-3-10-20(11-9-18)17(23)14-15-4-5-15/h15H,3-14H2,1-2H3. The molecule has 1 spiro atoms. The molecule has 1 saturated carbocycles. The molecule has 2 amide bonds. The van der Waals surface area contributed by atoms with E-state index < -0.39 is 0 Å². The van der Waals surface area contributed by atoms with Crippen LogP contribution in [0, 0.1) is 5.92 Å². The molecule has 0 aromatic heterocycles. The molecule has 0 radical (unpaired) electrons. The van der Waals surface area contributed by atoms with Gasteiger partial charge in [0.1, 0.15) is 0 Å². The molecule has 23 heavy (non-hydrogen) atoms. The van der Waals surface area contributed by atoms with Crippen molar-refractivity contribution >= 4 is 11.8 Å². The topological polar surface area (TPSA) is 43.9 Å². The highest BCUT2D eigenvalue weighted by atomic mass is 16.2. The van der Waals surface area contributed by atoms with Gasteiger partial charge in [0.25, 0.3) is 0 Å². The lowest BCUT2D eigenvalue weighted by Crippen LogP contribution is -2.49. The quantitative estimate of drug-likeness (QED) is 0.774. The average Bonchev–Trinajstić information content (AvgIpc) is 3.27. The zero-order valence-electron chi connectivity index (χ0n) is 14.7. The number of hydrogen-bond acceptors (Lipinski definition) is 3. The van der Waals surface area contributed by atoms with Gasteiger partial charge in [-0.25, -0.2) is 0 Å². The van der Waals surface area contributed by atoms with E-state index in [2.05, 4.69) is 28.8 Å². The molecule has 3 fully saturated rings. The summed E-state index contributed by atoms with van der Waals surface area (Å²) in [6.45, 7) is 3.44. The molecule has 2 saturated heterocycles. The summed E-state index contributed by atoms with van der Waals surface area (Å²) in [6.07, 6.45) is 7.92. The number of rotatable bonds is 5. The SMILES string of the molecule is CN(C)CCN1C(=O)CCC12CCCN(C(=O)CC1CC1)CC2. The van der Waals surface area contributed by atoms with Gasteiger partial charge in [-0.15, -0.1) is 0 Å². The third-order valence-corrected chi connectivity index (χ3v) is 5.88. The minimum absolute atomic E-state index is 0.0156. The fraction of sp³-hybridized carbons (Fsp3) is 0.889. The van der Waals surface area contributed by atoms with E-state index in [9.17, 15) is 9.59 Å². The summed E-state index contributed by atoms with van der Waals surface area (Å²) < 4.78 is 0. The summed E-state index contributed by atoms with van der Waals surface area (Å²) in [7, 11) is 4.11. The largest absolute Gasteiger partial charge is 0.343 e. The van der Waals surface area contributed by atoms with E-state index in [1.807, 2.05) is 0 Å². The molecule has 5 nitrogen and oxygen atoms in total. The molecule has 1 unspecified atom stereocenters. The van der Waals surface area contributed by atoms with Crippen molar-refractivity contribution in [2.45, 2.75) is 56.9 Å². The van der Waals surface area contributed by atoms with Crippen LogP contribution in [0.4, 0.5) is 0 Å². The lowest BCUT2D eigenvalue weighted by atomic mass is 9.87. The zero-order chi connectivity index (χ0) is 16.4. The van der Waals surface area contributed by atoms with Crippen molar-refractivity contribution in [3.05, 3.63) is 0 Å². The van der Waals surface area contributed by atoms with Crippen molar-refractivity contribution in [3.63, 3.8) is 0 Å². The Labute approximate surface area is 140 Å². The van der Waals surface area contributed by atoms with Gasteiger partial charge >= 0.3 is 0 Å². The van der Waals surface area contributed by atoms with Crippen molar-refractivity contribution < 1.29 is 9.59 Å². The normalized spacial score (nSPS) is 28.7. The van der Waals surface area contributed by atoms with Gasteiger partial charge in [-0.1, -0.05) is 0 Å². The molecule has 3 rings (SSSR count). The van der Waals surface area contributed by atoms with Crippen LogP contribution in [-0.4, -0.2) is 72.3 Å². The Morgan fingerprint density at radius 3 is 2.70 bits per heavy atom. The lowest BCUT2D eigenvalue weighted by molar-refractivity contribution is -0.132. The van der Waals surface area contributed by atoms with Crippen molar-refractivity contribution in [2.75, 3.05) is 40.3 Å². The molecule has 1 atom stereocenters. The van der Waals surface area contributed by atoms with Gasteiger partial charge in [0, 0.05) is 44.6 Å². The number of nitrogens with zero attached hydrogens (tertiary/aromatic N) is 3. The second-order valence-corrected chi connectivity index (χ2v) is 7.95. The van der Waals surface area contributed by atoms with E-state index in [0.717, 1.165) is 58.3 Å². The first-order chi connectivity index (χ1) is 11.0. The second-order valence-electron chi connectivity index (χ2n) is 7.95. The van der Waals surface area contributed by atoms with Gasteiger partial charge in [-0.3, -0.25) is 9.59 Å². The molecule has 0 N–H and O–H groups in total. The number of likely N-dealkylation sites (tertiary alicyclic amines) is 2. The van der Waals surface area contributed by atoms with Crippen LogP contribution >= 0.6 is 0 Å². The molecule has 130 valence electrons. The highest BCUT2D eigenvalue weighted by Gasteiger charge is 2.45. The van der Waals surface area contributed by atoms with Crippen LogP contribution in [0.15, 0.2) is 0 Å². The van der Waals surface area contributed by atoms with Gasteiger partial charge in [-0.2, -0.15) is 0 Å². The molecular formula is C18H31N3O2. The summed E-state index contributed by atoms with van der Waals surface area (Å²) in [5, 5.41) is 0. The van der Waals surface area contributed by atoms with E-state index in [-0.39, 0.29) is 5.54 Å². The van der Waals surface area contributed by atoms with Crippen LogP contribution in [0.3, 0.4) is 0 Å². The minimum Gasteiger partial charge on any atom is -0.343 e. The highest BCUT2D eigenvalue weighted by molar-refractivity contribution is 5.80. The summed E-state index contributed by atoms with van der Waals surface area (Å²) in [6, 6.07) is 0. The molecule has 2 aliphatic heterocycles. The van der Waals surface area contributed by atoms with Crippen LogP contribution in [0.2, 0.25) is 0 Å². The van der Waals surface area contributed by atoms with Gasteiger partial charge in [0.15, 0.2) is 0 Å². The number of carbonyl (C=O) groups excluding carboxylic acids is 2. The summed E-state index contributed by atoms with van der Waals surface area (Å²) in [5.41, 5.74) is 0.0156. The van der Waals surface area contributed by atoms with E-state index in [0.29, 0.717) is 24.2 Å². The number of carbonyl (C=O) groups is 2. The monoisotopic (exact) mass is 321 g/mol. The molecule has 2 heterocycles. The summed E-state index contributed by atoms with van der Waals surface area (Å²) >= 11 is 0. The van der Waals surface area contributed by atoms with Gasteiger partial charge in [0.2, 0.25) is 11.8 Å². The molecular weight excluding hydrogens is 290 g/mol. The fourth-order valence-corrected chi connectivity index (χ4v) is 4.18. The Hall–Kier alpha value is -1.10. The average molecular weight is 321 g/mol. The van der Waals surface area contributed by atoms with Crippen molar-refractivity contribution in [1.82, 2.24) is 14.7 Å². The predicted octanol–water partition coefficient (Wildman–Crippen LogP) is 1.72. The number of likely N-dealkylation sites (N-methyl/N-ethyl adjacent to an activating group) is 1. The van der Waals surface area contributed by atoms with E-state index >= 15 is 0 Å². The maximum atomic E-state index is 12.4. The van der Waals surface area contributed by atoms with Crippen LogP contribution in [-0.2, 0) is 9.59 Å². The fourth-order valence-electron chi connectivity index (χ4n) is 4.18.